The Hall–Kier alpha value is -2.31. The zero-order valence-electron chi connectivity index (χ0n) is 12.6. The fourth-order valence-corrected chi connectivity index (χ4v) is 3.62. The maximum absolute atomic E-state index is 12.5. The zero-order valence-corrected chi connectivity index (χ0v) is 14.2. The lowest BCUT2D eigenvalue weighted by Gasteiger charge is -2.07. The number of fused-ring (bicyclic) bond motifs is 1. The van der Waals surface area contributed by atoms with Crippen molar-refractivity contribution < 1.29 is 18.0 Å². The molecular weight excluding hydrogens is 371 g/mol. The number of amides is 1. The molecule has 0 saturated carbocycles. The number of carbonyl (C=O) groups excluding carboxylic acids is 1. The highest BCUT2D eigenvalue weighted by atomic mass is 35.5. The van der Waals surface area contributed by atoms with Crippen molar-refractivity contribution in [3.63, 3.8) is 0 Å². The number of hydrogen-bond acceptors (Lipinski definition) is 2. The van der Waals surface area contributed by atoms with E-state index in [2.05, 4.69) is 5.32 Å². The molecule has 128 valence electrons. The third-order valence-corrected chi connectivity index (χ3v) is 5.08. The van der Waals surface area contributed by atoms with Crippen LogP contribution in [0.1, 0.15) is 10.4 Å². The summed E-state index contributed by atoms with van der Waals surface area (Å²) in [4.78, 5) is 12.7. The normalized spacial score (nSPS) is 12.0. The van der Waals surface area contributed by atoms with Gasteiger partial charge >= 0.3 is 6.18 Å². The molecule has 2 nitrogen and oxygen atoms in total. The molecule has 0 atom stereocenters. The van der Waals surface area contributed by atoms with E-state index in [1.807, 2.05) is 24.3 Å². The molecule has 1 N–H and O–H groups in total. The molecule has 0 fully saturated rings. The van der Waals surface area contributed by atoms with Crippen LogP contribution in [0.5, 0.6) is 0 Å². The molecule has 1 heterocycles. The first-order valence-electron chi connectivity index (χ1n) is 7.18. The van der Waals surface area contributed by atoms with Gasteiger partial charge in [0, 0.05) is 26.7 Å². The molecule has 0 aliphatic rings. The lowest BCUT2D eigenvalue weighted by molar-refractivity contribution is -0.137. The predicted molar refractivity (Wildman–Crippen MR) is 95.9 cm³/mol. The fourth-order valence-electron chi connectivity index (χ4n) is 2.22. The molecule has 0 aliphatic heterocycles. The van der Waals surface area contributed by atoms with Gasteiger partial charge < -0.3 is 5.32 Å². The molecule has 7 heteroatoms. The number of alkyl halides is 3. The van der Waals surface area contributed by atoms with Crippen molar-refractivity contribution in [2.75, 3.05) is 5.32 Å². The summed E-state index contributed by atoms with van der Waals surface area (Å²) in [6.45, 7) is 0. The molecule has 2 aromatic carbocycles. The highest BCUT2D eigenvalue weighted by Gasteiger charge is 2.29. The van der Waals surface area contributed by atoms with Crippen LogP contribution < -0.4 is 5.32 Å². The van der Waals surface area contributed by atoms with E-state index in [4.69, 9.17) is 11.6 Å². The first kappa shape index (κ1) is 17.5. The van der Waals surface area contributed by atoms with Gasteiger partial charge in [0.15, 0.2) is 0 Å². The number of anilines is 1. The highest BCUT2D eigenvalue weighted by molar-refractivity contribution is 7.20. The molecule has 0 spiro atoms. The first-order chi connectivity index (χ1) is 11.8. The van der Waals surface area contributed by atoms with Crippen molar-refractivity contribution in [3.05, 3.63) is 70.1 Å². The van der Waals surface area contributed by atoms with Gasteiger partial charge in [-0.1, -0.05) is 29.8 Å². The number of halogens is 4. The van der Waals surface area contributed by atoms with Crippen molar-refractivity contribution in [1.29, 1.82) is 0 Å². The number of benzene rings is 2. The van der Waals surface area contributed by atoms with Crippen LogP contribution in [0.3, 0.4) is 0 Å². The van der Waals surface area contributed by atoms with Gasteiger partial charge in [0.2, 0.25) is 5.91 Å². The van der Waals surface area contributed by atoms with E-state index in [-0.39, 0.29) is 5.69 Å². The van der Waals surface area contributed by atoms with Gasteiger partial charge in [-0.05, 0) is 36.4 Å². The van der Waals surface area contributed by atoms with Crippen LogP contribution in [-0.4, -0.2) is 5.91 Å². The van der Waals surface area contributed by atoms with Crippen LogP contribution in [0, 0.1) is 0 Å². The molecule has 1 amide bonds. The number of hydrogen-bond donors (Lipinski definition) is 1. The Morgan fingerprint density at radius 2 is 1.76 bits per heavy atom. The third kappa shape index (κ3) is 4.03. The summed E-state index contributed by atoms with van der Waals surface area (Å²) in [6.07, 6.45) is -1.51. The maximum atomic E-state index is 12.5. The lowest BCUT2D eigenvalue weighted by atomic mass is 10.2. The van der Waals surface area contributed by atoms with E-state index in [0.29, 0.717) is 5.02 Å². The van der Waals surface area contributed by atoms with E-state index < -0.39 is 17.6 Å². The van der Waals surface area contributed by atoms with Gasteiger partial charge in [-0.15, -0.1) is 11.3 Å². The lowest BCUT2D eigenvalue weighted by Crippen LogP contribution is -2.09. The summed E-state index contributed by atoms with van der Waals surface area (Å²) in [5.74, 6) is -0.451. The summed E-state index contributed by atoms with van der Waals surface area (Å²) in [5.41, 5.74) is -0.483. The van der Waals surface area contributed by atoms with Crippen molar-refractivity contribution >= 4 is 50.7 Å². The number of rotatable bonds is 3. The second-order valence-electron chi connectivity index (χ2n) is 5.17. The molecule has 3 rings (SSSR count). The number of thiophene rings is 1. The molecular formula is C18H11ClF3NOS. The molecule has 0 saturated heterocycles. The Labute approximate surface area is 150 Å². The van der Waals surface area contributed by atoms with Crippen LogP contribution in [0.4, 0.5) is 18.9 Å². The van der Waals surface area contributed by atoms with Gasteiger partial charge in [0.1, 0.15) is 0 Å². The molecule has 0 bridgehead atoms. The SMILES string of the molecule is O=C(/C=C/c1sc2ccccc2c1Cl)Nc1ccc(C(F)(F)F)cc1. The van der Waals surface area contributed by atoms with E-state index in [0.717, 1.165) is 27.1 Å². The van der Waals surface area contributed by atoms with Crippen LogP contribution >= 0.6 is 22.9 Å². The van der Waals surface area contributed by atoms with Gasteiger partial charge in [0.25, 0.3) is 0 Å². The fraction of sp³-hybridized carbons (Fsp3) is 0.0556. The standard InChI is InChI=1S/C18H11ClF3NOS/c19-17-13-3-1-2-4-14(13)25-15(17)9-10-16(24)23-12-7-5-11(6-8-12)18(20,21)22/h1-10H,(H,23,24)/b10-9+. The number of carbonyl (C=O) groups is 1. The van der Waals surface area contributed by atoms with E-state index in [9.17, 15) is 18.0 Å². The Balaban J connectivity index is 1.71. The smallest absolute Gasteiger partial charge is 0.323 e. The van der Waals surface area contributed by atoms with Gasteiger partial charge in [-0.2, -0.15) is 13.2 Å². The van der Waals surface area contributed by atoms with E-state index in [1.54, 1.807) is 6.08 Å². The molecule has 1 aromatic heterocycles. The molecule has 3 aromatic rings. The zero-order chi connectivity index (χ0) is 18.0. The predicted octanol–water partition coefficient (Wildman–Crippen LogP) is 6.23. The average Bonchev–Trinajstić information content (AvgIpc) is 2.89. The minimum absolute atomic E-state index is 0.282. The Morgan fingerprint density at radius 1 is 1.08 bits per heavy atom. The molecule has 0 unspecified atom stereocenters. The Kier molecular flexibility index (Phi) is 4.83. The monoisotopic (exact) mass is 381 g/mol. The molecule has 0 radical (unpaired) electrons. The average molecular weight is 382 g/mol. The summed E-state index contributed by atoms with van der Waals surface area (Å²) in [5, 5.41) is 4.00. The second kappa shape index (κ2) is 6.90. The minimum Gasteiger partial charge on any atom is -0.323 e. The summed E-state index contributed by atoms with van der Waals surface area (Å²) >= 11 is 7.73. The Morgan fingerprint density at radius 3 is 2.40 bits per heavy atom. The maximum Gasteiger partial charge on any atom is 0.416 e. The second-order valence-corrected chi connectivity index (χ2v) is 6.64. The van der Waals surface area contributed by atoms with E-state index in [1.165, 1.54) is 29.5 Å². The topological polar surface area (TPSA) is 29.1 Å². The van der Waals surface area contributed by atoms with Crippen LogP contribution in [0.15, 0.2) is 54.6 Å². The third-order valence-electron chi connectivity index (χ3n) is 3.43. The van der Waals surface area contributed by atoms with Crippen LogP contribution in [0.25, 0.3) is 16.2 Å². The van der Waals surface area contributed by atoms with Gasteiger partial charge in [0.05, 0.1) is 10.6 Å². The van der Waals surface area contributed by atoms with Crippen molar-refractivity contribution in [2.24, 2.45) is 0 Å². The van der Waals surface area contributed by atoms with Crippen molar-refractivity contribution in [2.45, 2.75) is 6.18 Å². The number of nitrogens with one attached hydrogen (secondary N) is 1. The van der Waals surface area contributed by atoms with Crippen molar-refractivity contribution in [1.82, 2.24) is 0 Å². The molecule has 0 aliphatic carbocycles. The summed E-state index contributed by atoms with van der Waals surface area (Å²) in [6, 6.07) is 11.9. The minimum atomic E-state index is -4.40. The van der Waals surface area contributed by atoms with Gasteiger partial charge in [-0.3, -0.25) is 4.79 Å². The quantitative estimate of drug-likeness (QED) is 0.536. The van der Waals surface area contributed by atoms with Crippen LogP contribution in [0.2, 0.25) is 5.02 Å². The highest BCUT2D eigenvalue weighted by Crippen LogP contribution is 2.36. The summed E-state index contributed by atoms with van der Waals surface area (Å²) < 4.78 is 38.5. The Bertz CT molecular complexity index is 945. The largest absolute Gasteiger partial charge is 0.416 e. The molecule has 25 heavy (non-hydrogen) atoms. The van der Waals surface area contributed by atoms with Crippen LogP contribution in [-0.2, 0) is 11.0 Å². The van der Waals surface area contributed by atoms with Gasteiger partial charge in [-0.25, -0.2) is 0 Å². The summed E-state index contributed by atoms with van der Waals surface area (Å²) in [7, 11) is 0. The van der Waals surface area contributed by atoms with E-state index >= 15 is 0 Å². The first-order valence-corrected chi connectivity index (χ1v) is 8.37. The van der Waals surface area contributed by atoms with Crippen molar-refractivity contribution in [3.8, 4) is 0 Å².